The predicted octanol–water partition coefficient (Wildman–Crippen LogP) is 2.29. The Bertz CT molecular complexity index is 794. The number of halogens is 1. The summed E-state index contributed by atoms with van der Waals surface area (Å²) in [4.78, 5) is 27.5. The Morgan fingerprint density at radius 1 is 1.07 bits per heavy atom. The molecule has 0 aliphatic carbocycles. The van der Waals surface area contributed by atoms with E-state index in [0.29, 0.717) is 5.92 Å². The second kappa shape index (κ2) is 8.65. The number of piperazine rings is 1. The van der Waals surface area contributed by atoms with Crippen LogP contribution in [0.1, 0.15) is 23.3 Å². The minimum atomic E-state index is -0.606. The van der Waals surface area contributed by atoms with Gasteiger partial charge in [0.1, 0.15) is 11.5 Å². The molecule has 2 fully saturated rings. The quantitative estimate of drug-likeness (QED) is 0.759. The first kappa shape index (κ1) is 18.8. The van der Waals surface area contributed by atoms with Crippen molar-refractivity contribution < 1.29 is 9.18 Å². The van der Waals surface area contributed by atoms with E-state index in [2.05, 4.69) is 25.8 Å². The van der Waals surface area contributed by atoms with E-state index < -0.39 is 5.95 Å². The van der Waals surface area contributed by atoms with Crippen molar-refractivity contribution in [3.8, 4) is 0 Å². The van der Waals surface area contributed by atoms with Gasteiger partial charge >= 0.3 is 0 Å². The molecule has 6 nitrogen and oxygen atoms in total. The third-order valence-electron chi connectivity index (χ3n) is 5.60. The van der Waals surface area contributed by atoms with E-state index in [1.807, 2.05) is 23.2 Å². The van der Waals surface area contributed by atoms with Gasteiger partial charge in [0.25, 0.3) is 5.91 Å². The topological polar surface area (TPSA) is 52.6 Å². The highest BCUT2D eigenvalue weighted by Gasteiger charge is 2.28. The zero-order valence-electron chi connectivity index (χ0n) is 16.0. The Hall–Kier alpha value is -2.54. The fourth-order valence-corrected chi connectivity index (χ4v) is 4.15. The number of pyridine rings is 2. The van der Waals surface area contributed by atoms with E-state index in [9.17, 15) is 9.18 Å². The van der Waals surface area contributed by atoms with Crippen molar-refractivity contribution in [2.24, 2.45) is 5.92 Å². The summed E-state index contributed by atoms with van der Waals surface area (Å²) >= 11 is 0. The predicted molar refractivity (Wildman–Crippen MR) is 106 cm³/mol. The first-order valence-corrected chi connectivity index (χ1v) is 9.99. The molecule has 1 amide bonds. The van der Waals surface area contributed by atoms with Gasteiger partial charge in [-0.15, -0.1) is 0 Å². The minimum absolute atomic E-state index is 0.163. The van der Waals surface area contributed by atoms with Crippen LogP contribution in [0.3, 0.4) is 0 Å². The smallest absolute Gasteiger partial charge is 0.272 e. The van der Waals surface area contributed by atoms with E-state index in [-0.39, 0.29) is 11.6 Å². The standard InChI is InChI=1S/C21H26FN5O/c22-19-7-3-6-18(24-19)21(28)27-10-4-5-17(16-27)15-25-11-13-26(14-12-25)20-8-1-2-9-23-20/h1-3,6-9,17H,4-5,10-16H2/t17-/m1/s1. The van der Waals surface area contributed by atoms with Gasteiger partial charge < -0.3 is 9.80 Å². The summed E-state index contributed by atoms with van der Waals surface area (Å²) in [7, 11) is 0. The third-order valence-corrected chi connectivity index (χ3v) is 5.60. The Morgan fingerprint density at radius 3 is 2.68 bits per heavy atom. The normalized spacial score (nSPS) is 21.0. The SMILES string of the molecule is O=C(c1cccc(F)n1)N1CCC[C@H](CN2CCN(c3ccccn3)CC2)C1. The highest BCUT2D eigenvalue weighted by molar-refractivity contribution is 5.92. The molecule has 2 aromatic rings. The van der Waals surface area contributed by atoms with Gasteiger partial charge in [0, 0.05) is 52.0 Å². The van der Waals surface area contributed by atoms with Crippen molar-refractivity contribution in [2.45, 2.75) is 12.8 Å². The van der Waals surface area contributed by atoms with Crippen molar-refractivity contribution >= 4 is 11.7 Å². The maximum absolute atomic E-state index is 13.3. The van der Waals surface area contributed by atoms with Gasteiger partial charge in [-0.3, -0.25) is 9.69 Å². The van der Waals surface area contributed by atoms with Crippen LogP contribution in [0.15, 0.2) is 42.6 Å². The summed E-state index contributed by atoms with van der Waals surface area (Å²) in [6.07, 6.45) is 3.95. The molecule has 0 spiro atoms. The van der Waals surface area contributed by atoms with Crippen molar-refractivity contribution in [3.05, 3.63) is 54.2 Å². The second-order valence-corrected chi connectivity index (χ2v) is 7.58. The third kappa shape index (κ3) is 4.47. The van der Waals surface area contributed by atoms with E-state index in [0.717, 1.165) is 64.5 Å². The van der Waals surface area contributed by atoms with Gasteiger partial charge in [-0.05, 0) is 43.0 Å². The highest BCUT2D eigenvalue weighted by Crippen LogP contribution is 2.21. The molecule has 0 bridgehead atoms. The fourth-order valence-electron chi connectivity index (χ4n) is 4.15. The maximum atomic E-state index is 13.3. The zero-order chi connectivity index (χ0) is 19.3. The van der Waals surface area contributed by atoms with Gasteiger partial charge in [-0.25, -0.2) is 9.97 Å². The molecule has 2 aliphatic rings. The Balaban J connectivity index is 1.29. The van der Waals surface area contributed by atoms with Crippen molar-refractivity contribution in [3.63, 3.8) is 0 Å². The lowest BCUT2D eigenvalue weighted by molar-refractivity contribution is 0.0630. The Labute approximate surface area is 165 Å². The zero-order valence-corrected chi connectivity index (χ0v) is 16.0. The Kier molecular flexibility index (Phi) is 5.81. The highest BCUT2D eigenvalue weighted by atomic mass is 19.1. The van der Waals surface area contributed by atoms with Crippen LogP contribution < -0.4 is 4.90 Å². The molecule has 4 rings (SSSR count). The second-order valence-electron chi connectivity index (χ2n) is 7.58. The lowest BCUT2D eigenvalue weighted by atomic mass is 9.96. The molecular weight excluding hydrogens is 357 g/mol. The molecule has 0 N–H and O–H groups in total. The number of rotatable bonds is 4. The maximum Gasteiger partial charge on any atom is 0.272 e. The number of carbonyl (C=O) groups excluding carboxylic acids is 1. The van der Waals surface area contributed by atoms with E-state index >= 15 is 0 Å². The van der Waals surface area contributed by atoms with Crippen LogP contribution >= 0.6 is 0 Å². The van der Waals surface area contributed by atoms with Crippen LogP contribution in [0.25, 0.3) is 0 Å². The van der Waals surface area contributed by atoms with Gasteiger partial charge in [0.2, 0.25) is 5.95 Å². The molecule has 1 atom stereocenters. The van der Waals surface area contributed by atoms with Crippen LogP contribution in [-0.2, 0) is 0 Å². The molecule has 0 aromatic carbocycles. The van der Waals surface area contributed by atoms with E-state index in [4.69, 9.17) is 0 Å². The summed E-state index contributed by atoms with van der Waals surface area (Å²) in [5.74, 6) is 0.723. The minimum Gasteiger partial charge on any atom is -0.354 e. The molecule has 148 valence electrons. The number of likely N-dealkylation sites (tertiary alicyclic amines) is 1. The van der Waals surface area contributed by atoms with Gasteiger partial charge in [-0.1, -0.05) is 12.1 Å². The number of piperidine rings is 1. The van der Waals surface area contributed by atoms with Gasteiger partial charge in [0.05, 0.1) is 0 Å². The molecule has 0 unspecified atom stereocenters. The summed E-state index contributed by atoms with van der Waals surface area (Å²) in [5, 5.41) is 0. The summed E-state index contributed by atoms with van der Waals surface area (Å²) in [5.41, 5.74) is 0.199. The average Bonchev–Trinajstić information content (AvgIpc) is 2.75. The van der Waals surface area contributed by atoms with Gasteiger partial charge in [-0.2, -0.15) is 4.39 Å². The number of anilines is 1. The van der Waals surface area contributed by atoms with Gasteiger partial charge in [0.15, 0.2) is 0 Å². The molecule has 4 heterocycles. The summed E-state index contributed by atoms with van der Waals surface area (Å²) < 4.78 is 13.3. The monoisotopic (exact) mass is 383 g/mol. The van der Waals surface area contributed by atoms with Crippen LogP contribution in [0.2, 0.25) is 0 Å². The number of amides is 1. The van der Waals surface area contributed by atoms with E-state index in [1.54, 1.807) is 6.07 Å². The fraction of sp³-hybridized carbons (Fsp3) is 0.476. The molecule has 7 heteroatoms. The van der Waals surface area contributed by atoms with E-state index in [1.165, 1.54) is 12.1 Å². The molecular formula is C21H26FN5O. The van der Waals surface area contributed by atoms with Crippen molar-refractivity contribution in [2.75, 3.05) is 50.7 Å². The van der Waals surface area contributed by atoms with Crippen LogP contribution in [0.5, 0.6) is 0 Å². The average molecular weight is 383 g/mol. The van der Waals surface area contributed by atoms with Crippen LogP contribution in [0.4, 0.5) is 10.2 Å². The number of hydrogen-bond acceptors (Lipinski definition) is 5. The number of carbonyl (C=O) groups is 1. The molecule has 2 aromatic heterocycles. The van der Waals surface area contributed by atoms with Crippen LogP contribution in [-0.4, -0.2) is 71.5 Å². The summed E-state index contributed by atoms with van der Waals surface area (Å²) in [6.45, 7) is 6.40. The Morgan fingerprint density at radius 2 is 1.93 bits per heavy atom. The molecule has 0 saturated carbocycles. The van der Waals surface area contributed by atoms with Crippen molar-refractivity contribution in [1.82, 2.24) is 19.8 Å². The van der Waals surface area contributed by atoms with Crippen LogP contribution in [0, 0.1) is 11.9 Å². The number of hydrogen-bond donors (Lipinski definition) is 0. The summed E-state index contributed by atoms with van der Waals surface area (Å²) in [6, 6.07) is 10.4. The number of nitrogens with zero attached hydrogens (tertiary/aromatic N) is 5. The number of aromatic nitrogens is 2. The first-order chi connectivity index (χ1) is 13.7. The first-order valence-electron chi connectivity index (χ1n) is 9.99. The molecule has 0 radical (unpaired) electrons. The largest absolute Gasteiger partial charge is 0.354 e. The lowest BCUT2D eigenvalue weighted by Gasteiger charge is -2.39. The molecule has 2 aliphatic heterocycles. The lowest BCUT2D eigenvalue weighted by Crippen LogP contribution is -2.50. The molecule has 2 saturated heterocycles. The van der Waals surface area contributed by atoms with Crippen molar-refractivity contribution in [1.29, 1.82) is 0 Å². The molecule has 28 heavy (non-hydrogen) atoms.